The molecule has 0 radical (unpaired) electrons. The Morgan fingerprint density at radius 2 is 1.92 bits per heavy atom. The first-order valence-electron chi connectivity index (χ1n) is 8.24. The van der Waals surface area contributed by atoms with E-state index in [2.05, 4.69) is 30.9 Å². The third-order valence-corrected chi connectivity index (χ3v) is 5.99. The maximum atomic E-state index is 12.3. The summed E-state index contributed by atoms with van der Waals surface area (Å²) in [5.74, 6) is -0.331. The van der Waals surface area contributed by atoms with Gasteiger partial charge in [0.05, 0.1) is 24.2 Å². The lowest BCUT2D eigenvalue weighted by molar-refractivity contribution is -0.122. The van der Waals surface area contributed by atoms with Crippen molar-refractivity contribution in [2.75, 3.05) is 39.4 Å². The second-order valence-electron chi connectivity index (χ2n) is 5.90. The van der Waals surface area contributed by atoms with Crippen LogP contribution in [0.2, 0.25) is 0 Å². The van der Waals surface area contributed by atoms with Gasteiger partial charge in [-0.15, -0.1) is 0 Å². The van der Waals surface area contributed by atoms with Crippen molar-refractivity contribution in [3.8, 4) is 0 Å². The number of ether oxygens (including phenoxy) is 1. The fraction of sp³-hybridized carbons (Fsp3) is 0.562. The van der Waals surface area contributed by atoms with Crippen LogP contribution in [0.5, 0.6) is 0 Å². The van der Waals surface area contributed by atoms with Crippen molar-refractivity contribution < 1.29 is 17.9 Å². The van der Waals surface area contributed by atoms with Gasteiger partial charge < -0.3 is 10.1 Å². The summed E-state index contributed by atoms with van der Waals surface area (Å²) in [6, 6.07) is 5.42. The molecule has 140 valence electrons. The lowest BCUT2D eigenvalue weighted by Gasteiger charge is -2.26. The third kappa shape index (κ3) is 6.67. The van der Waals surface area contributed by atoms with E-state index in [0.717, 1.165) is 43.7 Å². The highest BCUT2D eigenvalue weighted by Crippen LogP contribution is 2.14. The lowest BCUT2D eigenvalue weighted by atomic mass is 10.3. The largest absolute Gasteiger partial charge is 0.379 e. The van der Waals surface area contributed by atoms with Gasteiger partial charge in [-0.3, -0.25) is 9.69 Å². The van der Waals surface area contributed by atoms with E-state index >= 15 is 0 Å². The van der Waals surface area contributed by atoms with Crippen molar-refractivity contribution in [3.05, 3.63) is 28.7 Å². The van der Waals surface area contributed by atoms with Gasteiger partial charge in [-0.25, -0.2) is 8.42 Å². The number of morpholine rings is 1. The zero-order valence-electron chi connectivity index (χ0n) is 14.2. The summed E-state index contributed by atoms with van der Waals surface area (Å²) >= 11 is 3.26. The van der Waals surface area contributed by atoms with Crippen molar-refractivity contribution in [2.45, 2.75) is 24.3 Å². The van der Waals surface area contributed by atoms with E-state index in [4.69, 9.17) is 4.74 Å². The Labute approximate surface area is 157 Å². The molecule has 1 heterocycles. The normalized spacial score (nSPS) is 17.2. The van der Waals surface area contributed by atoms with Crippen LogP contribution in [0.25, 0.3) is 0 Å². The van der Waals surface area contributed by atoms with E-state index in [-0.39, 0.29) is 10.8 Å². The topological polar surface area (TPSA) is 87.7 Å². The van der Waals surface area contributed by atoms with Crippen LogP contribution in [0.1, 0.15) is 13.3 Å². The molecular formula is C16H24BrN3O4S. The lowest BCUT2D eigenvalue weighted by Crippen LogP contribution is -2.45. The average molecular weight is 434 g/mol. The van der Waals surface area contributed by atoms with Gasteiger partial charge in [0.25, 0.3) is 0 Å². The Morgan fingerprint density at radius 1 is 1.28 bits per heavy atom. The van der Waals surface area contributed by atoms with Crippen LogP contribution >= 0.6 is 15.9 Å². The number of carbonyl (C=O) groups excluding carboxylic acids is 1. The van der Waals surface area contributed by atoms with Crippen LogP contribution in [0, 0.1) is 0 Å². The smallest absolute Gasteiger partial charge is 0.241 e. The first kappa shape index (κ1) is 20.3. The van der Waals surface area contributed by atoms with Crippen LogP contribution in [-0.2, 0) is 19.6 Å². The highest BCUT2D eigenvalue weighted by molar-refractivity contribution is 9.10. The van der Waals surface area contributed by atoms with Crippen LogP contribution in [0.15, 0.2) is 33.6 Å². The molecule has 0 saturated carbocycles. The van der Waals surface area contributed by atoms with E-state index in [1.807, 2.05) is 0 Å². The summed E-state index contributed by atoms with van der Waals surface area (Å²) in [6.45, 7) is 6.27. The number of hydrogen-bond donors (Lipinski definition) is 2. The predicted octanol–water partition coefficient (Wildman–Crippen LogP) is 0.954. The van der Waals surface area contributed by atoms with Gasteiger partial charge in [-0.2, -0.15) is 4.72 Å². The van der Waals surface area contributed by atoms with E-state index in [1.54, 1.807) is 12.1 Å². The minimum absolute atomic E-state index is 0.127. The summed E-state index contributed by atoms with van der Waals surface area (Å²) in [4.78, 5) is 14.5. The predicted molar refractivity (Wildman–Crippen MR) is 98.8 cm³/mol. The Morgan fingerprint density at radius 3 is 2.56 bits per heavy atom. The molecule has 0 aromatic heterocycles. The molecule has 0 unspecified atom stereocenters. The number of sulfonamides is 1. The van der Waals surface area contributed by atoms with E-state index in [9.17, 15) is 13.2 Å². The fourth-order valence-corrected chi connectivity index (χ4v) is 3.93. The summed E-state index contributed by atoms with van der Waals surface area (Å²) in [7, 11) is -3.72. The maximum Gasteiger partial charge on any atom is 0.241 e. The van der Waals surface area contributed by atoms with Crippen LogP contribution in [0.3, 0.4) is 0 Å². The molecule has 2 N–H and O–H groups in total. The SMILES string of the molecule is C[C@@H](NS(=O)(=O)c1ccc(Br)cc1)C(=O)NCCCN1CCOCC1. The van der Waals surface area contributed by atoms with Crippen LogP contribution in [0.4, 0.5) is 0 Å². The quantitative estimate of drug-likeness (QED) is 0.595. The van der Waals surface area contributed by atoms with Gasteiger partial charge in [-0.05, 0) is 44.2 Å². The third-order valence-electron chi connectivity index (χ3n) is 3.90. The summed E-state index contributed by atoms with van der Waals surface area (Å²) in [5, 5.41) is 2.77. The molecule has 7 nitrogen and oxygen atoms in total. The summed E-state index contributed by atoms with van der Waals surface area (Å²) in [5.41, 5.74) is 0. The minimum Gasteiger partial charge on any atom is -0.379 e. The molecule has 1 aliphatic rings. The van der Waals surface area contributed by atoms with Gasteiger partial charge >= 0.3 is 0 Å². The van der Waals surface area contributed by atoms with E-state index < -0.39 is 16.1 Å². The minimum atomic E-state index is -3.72. The zero-order valence-corrected chi connectivity index (χ0v) is 16.6. The number of carbonyl (C=O) groups is 1. The Balaban J connectivity index is 1.74. The van der Waals surface area contributed by atoms with Crippen LogP contribution in [-0.4, -0.2) is 64.7 Å². The Bertz CT molecular complexity index is 660. The molecule has 1 atom stereocenters. The highest BCUT2D eigenvalue weighted by Gasteiger charge is 2.21. The molecule has 0 spiro atoms. The molecule has 2 rings (SSSR count). The number of nitrogens with zero attached hydrogens (tertiary/aromatic N) is 1. The summed E-state index contributed by atoms with van der Waals surface area (Å²) in [6.07, 6.45) is 0.817. The Hall–Kier alpha value is -1.00. The molecule has 1 amide bonds. The van der Waals surface area contributed by atoms with Gasteiger partial charge in [0.15, 0.2) is 0 Å². The maximum absolute atomic E-state index is 12.3. The van der Waals surface area contributed by atoms with Gasteiger partial charge in [0.1, 0.15) is 0 Å². The molecule has 1 aliphatic heterocycles. The number of rotatable bonds is 8. The molecule has 1 fully saturated rings. The van der Waals surface area contributed by atoms with E-state index in [1.165, 1.54) is 19.1 Å². The van der Waals surface area contributed by atoms with E-state index in [0.29, 0.717) is 6.54 Å². The number of nitrogens with one attached hydrogen (secondary N) is 2. The van der Waals surface area contributed by atoms with Crippen molar-refractivity contribution in [1.82, 2.24) is 14.9 Å². The molecule has 0 aliphatic carbocycles. The molecule has 1 saturated heterocycles. The molecule has 1 aromatic rings. The standard InChI is InChI=1S/C16H24BrN3O4S/c1-13(19-25(22,23)15-5-3-14(17)4-6-15)16(21)18-7-2-8-20-9-11-24-12-10-20/h3-6,13,19H,2,7-12H2,1H3,(H,18,21)/t13-/m1/s1. The van der Waals surface area contributed by atoms with Crippen molar-refractivity contribution in [2.24, 2.45) is 0 Å². The first-order chi connectivity index (χ1) is 11.9. The molecule has 0 bridgehead atoms. The van der Waals surface area contributed by atoms with Crippen molar-refractivity contribution >= 4 is 31.9 Å². The number of benzene rings is 1. The molecule has 1 aromatic carbocycles. The van der Waals surface area contributed by atoms with Crippen LogP contribution < -0.4 is 10.0 Å². The zero-order chi connectivity index (χ0) is 18.3. The fourth-order valence-electron chi connectivity index (χ4n) is 2.46. The molecular weight excluding hydrogens is 410 g/mol. The van der Waals surface area contributed by atoms with Crippen molar-refractivity contribution in [3.63, 3.8) is 0 Å². The first-order valence-corrected chi connectivity index (χ1v) is 10.5. The summed E-state index contributed by atoms with van der Waals surface area (Å²) < 4.78 is 33.0. The second-order valence-corrected chi connectivity index (χ2v) is 8.53. The highest BCUT2D eigenvalue weighted by atomic mass is 79.9. The van der Waals surface area contributed by atoms with Gasteiger partial charge in [0.2, 0.25) is 15.9 Å². The van der Waals surface area contributed by atoms with Gasteiger partial charge in [-0.1, -0.05) is 15.9 Å². The Kier molecular flexibility index (Phi) is 7.82. The second kappa shape index (κ2) is 9.63. The monoisotopic (exact) mass is 433 g/mol. The number of amides is 1. The number of halogens is 1. The average Bonchev–Trinajstić information content (AvgIpc) is 2.59. The van der Waals surface area contributed by atoms with Crippen molar-refractivity contribution in [1.29, 1.82) is 0 Å². The molecule has 9 heteroatoms. The molecule has 25 heavy (non-hydrogen) atoms. The van der Waals surface area contributed by atoms with Gasteiger partial charge in [0, 0.05) is 24.1 Å². The number of hydrogen-bond acceptors (Lipinski definition) is 5.